The van der Waals surface area contributed by atoms with Crippen molar-refractivity contribution in [3.8, 4) is 5.75 Å². The van der Waals surface area contributed by atoms with Crippen LogP contribution in [0.2, 0.25) is 0 Å². The molecule has 1 saturated carbocycles. The standard InChI is InChI=1S/C15H23NO/c1-4-15(3)12(10-14(15)16)11-8-6-7-9-13(11)17-5-2/h6-9,12,14H,4-5,10,16H2,1-3H3. The molecule has 1 aromatic rings. The maximum atomic E-state index is 6.18. The number of nitrogens with two attached hydrogens (primary N) is 1. The Morgan fingerprint density at radius 2 is 2.06 bits per heavy atom. The zero-order valence-corrected chi connectivity index (χ0v) is 11.1. The zero-order valence-electron chi connectivity index (χ0n) is 11.1. The van der Waals surface area contributed by atoms with E-state index < -0.39 is 0 Å². The molecule has 2 nitrogen and oxygen atoms in total. The average Bonchev–Trinajstić information content (AvgIpc) is 2.36. The van der Waals surface area contributed by atoms with Gasteiger partial charge in [0.2, 0.25) is 0 Å². The lowest BCUT2D eigenvalue weighted by molar-refractivity contribution is 0.0685. The molecule has 0 bridgehead atoms. The van der Waals surface area contributed by atoms with Gasteiger partial charge in [0.05, 0.1) is 6.61 Å². The third-order valence-corrected chi connectivity index (χ3v) is 4.49. The number of hydrogen-bond donors (Lipinski definition) is 1. The smallest absolute Gasteiger partial charge is 0.122 e. The molecule has 2 N–H and O–H groups in total. The molecule has 2 rings (SSSR count). The van der Waals surface area contributed by atoms with Crippen LogP contribution in [0.4, 0.5) is 0 Å². The lowest BCUT2D eigenvalue weighted by Crippen LogP contribution is -2.54. The quantitative estimate of drug-likeness (QED) is 0.866. The van der Waals surface area contributed by atoms with E-state index in [9.17, 15) is 0 Å². The van der Waals surface area contributed by atoms with E-state index in [1.54, 1.807) is 0 Å². The van der Waals surface area contributed by atoms with E-state index in [0.29, 0.717) is 12.0 Å². The van der Waals surface area contributed by atoms with Gasteiger partial charge in [0, 0.05) is 6.04 Å². The Kier molecular flexibility index (Phi) is 3.43. The summed E-state index contributed by atoms with van der Waals surface area (Å²) in [5.74, 6) is 1.58. The molecule has 94 valence electrons. The Morgan fingerprint density at radius 3 is 2.65 bits per heavy atom. The minimum Gasteiger partial charge on any atom is -0.494 e. The summed E-state index contributed by atoms with van der Waals surface area (Å²) in [5, 5.41) is 0. The predicted molar refractivity (Wildman–Crippen MR) is 71.3 cm³/mol. The maximum absolute atomic E-state index is 6.18. The van der Waals surface area contributed by atoms with Crippen LogP contribution in [0.15, 0.2) is 24.3 Å². The van der Waals surface area contributed by atoms with Crippen LogP contribution in [0.5, 0.6) is 5.75 Å². The van der Waals surface area contributed by atoms with E-state index in [1.165, 1.54) is 5.56 Å². The second-order valence-corrected chi connectivity index (χ2v) is 5.22. The number of benzene rings is 1. The normalized spacial score (nSPS) is 32.0. The third kappa shape index (κ3) is 1.95. The van der Waals surface area contributed by atoms with Crippen LogP contribution in [0, 0.1) is 5.41 Å². The summed E-state index contributed by atoms with van der Waals surface area (Å²) in [5.41, 5.74) is 7.74. The van der Waals surface area contributed by atoms with Crippen molar-refractivity contribution in [2.75, 3.05) is 6.61 Å². The number of ether oxygens (including phenoxy) is 1. The molecular weight excluding hydrogens is 210 g/mol. The second-order valence-electron chi connectivity index (χ2n) is 5.22. The highest BCUT2D eigenvalue weighted by atomic mass is 16.5. The van der Waals surface area contributed by atoms with Crippen LogP contribution in [0.3, 0.4) is 0 Å². The molecule has 2 heteroatoms. The fraction of sp³-hybridized carbons (Fsp3) is 0.600. The highest BCUT2D eigenvalue weighted by molar-refractivity contribution is 5.40. The van der Waals surface area contributed by atoms with Crippen LogP contribution < -0.4 is 10.5 Å². The van der Waals surface area contributed by atoms with E-state index in [2.05, 4.69) is 32.0 Å². The number of rotatable bonds is 4. The molecule has 3 unspecified atom stereocenters. The summed E-state index contributed by atoms with van der Waals surface area (Å²) in [6.07, 6.45) is 2.20. The monoisotopic (exact) mass is 233 g/mol. The van der Waals surface area contributed by atoms with Gasteiger partial charge >= 0.3 is 0 Å². The van der Waals surface area contributed by atoms with Gasteiger partial charge in [0.1, 0.15) is 5.75 Å². The molecule has 0 heterocycles. The van der Waals surface area contributed by atoms with Crippen molar-refractivity contribution in [3.63, 3.8) is 0 Å². The van der Waals surface area contributed by atoms with Gasteiger partial charge in [-0.25, -0.2) is 0 Å². The summed E-state index contributed by atoms with van der Waals surface area (Å²) in [6.45, 7) is 7.28. The topological polar surface area (TPSA) is 35.2 Å². The summed E-state index contributed by atoms with van der Waals surface area (Å²) in [4.78, 5) is 0. The van der Waals surface area contributed by atoms with Gasteiger partial charge in [-0.15, -0.1) is 0 Å². The lowest BCUT2D eigenvalue weighted by atomic mass is 9.54. The van der Waals surface area contributed by atoms with Crippen molar-refractivity contribution < 1.29 is 4.74 Å². The molecule has 17 heavy (non-hydrogen) atoms. The van der Waals surface area contributed by atoms with Crippen molar-refractivity contribution in [3.05, 3.63) is 29.8 Å². The number of hydrogen-bond acceptors (Lipinski definition) is 2. The molecule has 0 saturated heterocycles. The van der Waals surface area contributed by atoms with Crippen LogP contribution in [0.25, 0.3) is 0 Å². The minimum absolute atomic E-state index is 0.229. The maximum Gasteiger partial charge on any atom is 0.122 e. The highest BCUT2D eigenvalue weighted by Crippen LogP contribution is 2.55. The van der Waals surface area contributed by atoms with E-state index >= 15 is 0 Å². The van der Waals surface area contributed by atoms with Gasteiger partial charge in [-0.1, -0.05) is 32.0 Å². The van der Waals surface area contributed by atoms with E-state index in [0.717, 1.165) is 25.2 Å². The molecule has 1 aliphatic rings. The predicted octanol–water partition coefficient (Wildman–Crippen LogP) is 3.32. The van der Waals surface area contributed by atoms with Crippen LogP contribution in [0.1, 0.15) is 45.1 Å². The molecule has 3 atom stereocenters. The van der Waals surface area contributed by atoms with Crippen molar-refractivity contribution in [1.82, 2.24) is 0 Å². The summed E-state index contributed by atoms with van der Waals surface area (Å²) < 4.78 is 5.73. The minimum atomic E-state index is 0.229. The van der Waals surface area contributed by atoms with Gasteiger partial charge in [-0.2, -0.15) is 0 Å². The Labute approximate surface area is 104 Å². The van der Waals surface area contributed by atoms with E-state index in [-0.39, 0.29) is 5.41 Å². The van der Waals surface area contributed by atoms with Gasteiger partial charge < -0.3 is 10.5 Å². The molecule has 0 spiro atoms. The Hall–Kier alpha value is -1.02. The molecule has 1 fully saturated rings. The third-order valence-electron chi connectivity index (χ3n) is 4.49. The van der Waals surface area contributed by atoms with Gasteiger partial charge in [0.25, 0.3) is 0 Å². The highest BCUT2D eigenvalue weighted by Gasteiger charge is 2.49. The fourth-order valence-electron chi connectivity index (χ4n) is 2.94. The van der Waals surface area contributed by atoms with E-state index in [1.807, 2.05) is 13.0 Å². The first-order chi connectivity index (χ1) is 8.13. The Morgan fingerprint density at radius 1 is 1.35 bits per heavy atom. The fourth-order valence-corrected chi connectivity index (χ4v) is 2.94. The largest absolute Gasteiger partial charge is 0.494 e. The van der Waals surface area contributed by atoms with Crippen molar-refractivity contribution in [2.45, 2.75) is 45.6 Å². The van der Waals surface area contributed by atoms with Crippen molar-refractivity contribution in [2.24, 2.45) is 11.1 Å². The van der Waals surface area contributed by atoms with Crippen molar-refractivity contribution in [1.29, 1.82) is 0 Å². The summed E-state index contributed by atoms with van der Waals surface area (Å²) in [7, 11) is 0. The molecular formula is C15H23NO. The van der Waals surface area contributed by atoms with Crippen LogP contribution in [-0.4, -0.2) is 12.6 Å². The molecule has 0 aromatic heterocycles. The first-order valence-electron chi connectivity index (χ1n) is 6.60. The van der Waals surface area contributed by atoms with Crippen LogP contribution >= 0.6 is 0 Å². The average molecular weight is 233 g/mol. The number of para-hydroxylation sites is 1. The lowest BCUT2D eigenvalue weighted by Gasteiger charge is -2.53. The molecule has 1 aromatic carbocycles. The molecule has 0 radical (unpaired) electrons. The Balaban J connectivity index is 2.29. The van der Waals surface area contributed by atoms with Gasteiger partial charge in [-0.05, 0) is 42.7 Å². The SMILES string of the molecule is CCOc1ccccc1C1CC(N)C1(C)CC. The van der Waals surface area contributed by atoms with E-state index in [4.69, 9.17) is 10.5 Å². The van der Waals surface area contributed by atoms with Crippen LogP contribution in [-0.2, 0) is 0 Å². The summed E-state index contributed by atoms with van der Waals surface area (Å²) >= 11 is 0. The molecule has 0 amide bonds. The van der Waals surface area contributed by atoms with Crippen molar-refractivity contribution >= 4 is 0 Å². The summed E-state index contributed by atoms with van der Waals surface area (Å²) in [6, 6.07) is 8.72. The molecule has 1 aliphatic carbocycles. The second kappa shape index (κ2) is 4.69. The first-order valence-corrected chi connectivity index (χ1v) is 6.60. The van der Waals surface area contributed by atoms with Gasteiger partial charge in [0.15, 0.2) is 0 Å². The van der Waals surface area contributed by atoms with Gasteiger partial charge in [-0.3, -0.25) is 0 Å². The zero-order chi connectivity index (χ0) is 12.5. The Bertz CT molecular complexity index is 390. The first kappa shape index (κ1) is 12.4. The molecule has 0 aliphatic heterocycles.